The van der Waals surface area contributed by atoms with Crippen LogP contribution >= 0.6 is 0 Å². The van der Waals surface area contributed by atoms with Crippen molar-refractivity contribution in [3.05, 3.63) is 58.4 Å². The summed E-state index contributed by atoms with van der Waals surface area (Å²) in [5, 5.41) is 25.6. The molecular weight excluding hydrogens is 451 g/mol. The molecule has 0 unspecified atom stereocenters. The largest absolute Gasteiger partial charge is 0.396 e. The molecule has 0 heterocycles. The summed E-state index contributed by atoms with van der Waals surface area (Å²) in [5.74, 6) is -2.05. The molecule has 0 saturated heterocycles. The number of amides is 1. The highest BCUT2D eigenvalue weighted by Crippen LogP contribution is 2.30. The van der Waals surface area contributed by atoms with Gasteiger partial charge in [0.25, 0.3) is 5.91 Å². The van der Waals surface area contributed by atoms with Gasteiger partial charge >= 0.3 is 0 Å². The lowest BCUT2D eigenvalue weighted by Crippen LogP contribution is -2.24. The van der Waals surface area contributed by atoms with E-state index in [1.807, 2.05) is 6.92 Å². The van der Waals surface area contributed by atoms with E-state index in [-0.39, 0.29) is 29.0 Å². The van der Waals surface area contributed by atoms with Crippen LogP contribution < -0.4 is 10.6 Å². The summed E-state index contributed by atoms with van der Waals surface area (Å²) in [6.45, 7) is 5.01. The van der Waals surface area contributed by atoms with Gasteiger partial charge in [0.05, 0.1) is 28.8 Å². The van der Waals surface area contributed by atoms with Crippen molar-refractivity contribution in [3.63, 3.8) is 0 Å². The number of anilines is 2. The number of benzene rings is 2. The van der Waals surface area contributed by atoms with Crippen LogP contribution in [0.5, 0.6) is 0 Å². The fourth-order valence-electron chi connectivity index (χ4n) is 2.31. The maximum atomic E-state index is 14.8. The van der Waals surface area contributed by atoms with Gasteiger partial charge in [-0.1, -0.05) is 18.0 Å². The van der Waals surface area contributed by atoms with Crippen LogP contribution in [0.25, 0.3) is 0 Å². The van der Waals surface area contributed by atoms with Crippen molar-refractivity contribution in [2.75, 3.05) is 25.6 Å². The molecule has 2 rings (SSSR count). The van der Waals surface area contributed by atoms with Crippen molar-refractivity contribution in [1.29, 1.82) is 0 Å². The van der Waals surface area contributed by atoms with Crippen molar-refractivity contribution in [1.82, 2.24) is 5.32 Å². The van der Waals surface area contributed by atoms with Gasteiger partial charge in [0, 0.05) is 24.8 Å². The number of terminal acetylenes is 1. The quantitative estimate of drug-likeness (QED) is 0.263. The first-order valence-corrected chi connectivity index (χ1v) is 10.2. The molecule has 0 saturated carbocycles. The van der Waals surface area contributed by atoms with E-state index in [0.717, 1.165) is 24.8 Å². The molecule has 0 aliphatic heterocycles. The minimum atomic E-state index is -1.42. The standard InChI is InChI=1S/C21H20F3N3O3.C3H8O/c1-5-12-6-7-16(15(22)8-12)27-19-14(20(28)25-4)9-13(17(23)18(19)24)10-26-30-11-21(2,3)29;1-2-3-4/h1,6-10,27,29H,11H2,2-4H3,(H,25,28);4H,2-3H2,1H3/b26-10+;. The number of aliphatic hydroxyl groups is 2. The SMILES string of the molecule is C#Cc1ccc(Nc2c(C(=O)NC)cc(/C=N/OCC(C)(C)O)c(F)c2F)c(F)c1.CCCO. The fraction of sp³-hybridized carbons (Fsp3) is 0.333. The van der Waals surface area contributed by atoms with Gasteiger partial charge in [-0.15, -0.1) is 6.42 Å². The second kappa shape index (κ2) is 13.2. The monoisotopic (exact) mass is 479 g/mol. The lowest BCUT2D eigenvalue weighted by Gasteiger charge is -2.15. The zero-order valence-electron chi connectivity index (χ0n) is 19.4. The first-order chi connectivity index (χ1) is 16.0. The normalized spacial score (nSPS) is 10.8. The molecule has 0 atom stereocenters. The number of aliphatic hydroxyl groups excluding tert-OH is 1. The number of carbonyl (C=O) groups excluding carboxylic acids is 1. The van der Waals surface area contributed by atoms with E-state index in [2.05, 4.69) is 21.7 Å². The molecule has 184 valence electrons. The maximum Gasteiger partial charge on any atom is 0.253 e. The number of oxime groups is 1. The third kappa shape index (κ3) is 8.42. The van der Waals surface area contributed by atoms with Crippen molar-refractivity contribution < 1.29 is 33.0 Å². The van der Waals surface area contributed by atoms with Gasteiger partial charge in [0.2, 0.25) is 0 Å². The number of nitrogens with one attached hydrogen (secondary N) is 2. The highest BCUT2D eigenvalue weighted by molar-refractivity contribution is 6.02. The third-order valence-electron chi connectivity index (χ3n) is 4.01. The van der Waals surface area contributed by atoms with Crippen LogP contribution in [-0.4, -0.2) is 48.2 Å². The minimum Gasteiger partial charge on any atom is -0.396 e. The minimum absolute atomic E-state index is 0.192. The highest BCUT2D eigenvalue weighted by Gasteiger charge is 2.23. The predicted octanol–water partition coefficient (Wildman–Crippen LogP) is 3.70. The Morgan fingerprint density at radius 1 is 1.26 bits per heavy atom. The van der Waals surface area contributed by atoms with Gasteiger partial charge in [-0.05, 0) is 44.5 Å². The smallest absolute Gasteiger partial charge is 0.253 e. The number of hydrogen-bond donors (Lipinski definition) is 4. The summed E-state index contributed by atoms with van der Waals surface area (Å²) in [4.78, 5) is 17.1. The van der Waals surface area contributed by atoms with Crippen LogP contribution in [0.15, 0.2) is 29.4 Å². The van der Waals surface area contributed by atoms with Crippen LogP contribution in [0.4, 0.5) is 24.5 Å². The van der Waals surface area contributed by atoms with Crippen LogP contribution in [-0.2, 0) is 4.84 Å². The van der Waals surface area contributed by atoms with Gasteiger partial charge < -0.3 is 25.7 Å². The molecule has 1 amide bonds. The summed E-state index contributed by atoms with van der Waals surface area (Å²) in [6.07, 6.45) is 6.94. The zero-order chi connectivity index (χ0) is 25.9. The van der Waals surface area contributed by atoms with E-state index in [1.165, 1.54) is 33.0 Å². The second-order valence-electron chi connectivity index (χ2n) is 7.60. The van der Waals surface area contributed by atoms with Gasteiger partial charge in [0.1, 0.15) is 12.4 Å². The van der Waals surface area contributed by atoms with E-state index in [4.69, 9.17) is 16.4 Å². The Bertz CT molecular complexity index is 1060. The molecule has 0 fully saturated rings. The van der Waals surface area contributed by atoms with Crippen molar-refractivity contribution in [3.8, 4) is 12.3 Å². The van der Waals surface area contributed by atoms with E-state index in [9.17, 15) is 23.1 Å². The molecule has 10 heteroatoms. The predicted molar refractivity (Wildman–Crippen MR) is 125 cm³/mol. The Morgan fingerprint density at radius 2 is 1.91 bits per heavy atom. The summed E-state index contributed by atoms with van der Waals surface area (Å²) in [6, 6.07) is 4.72. The first-order valence-electron chi connectivity index (χ1n) is 10.2. The maximum absolute atomic E-state index is 14.8. The van der Waals surface area contributed by atoms with Crippen LogP contribution in [0.1, 0.15) is 48.7 Å². The topological polar surface area (TPSA) is 103 Å². The van der Waals surface area contributed by atoms with Gasteiger partial charge in [-0.25, -0.2) is 13.2 Å². The molecule has 2 aromatic rings. The van der Waals surface area contributed by atoms with Gasteiger partial charge in [-0.2, -0.15) is 0 Å². The molecule has 0 radical (unpaired) electrons. The number of halogens is 3. The number of hydrogen-bond acceptors (Lipinski definition) is 6. The Kier molecular flexibility index (Phi) is 11.1. The second-order valence-corrected chi connectivity index (χ2v) is 7.60. The number of nitrogens with zero attached hydrogens (tertiary/aromatic N) is 1. The molecule has 2 aromatic carbocycles. The molecule has 0 aromatic heterocycles. The van der Waals surface area contributed by atoms with Gasteiger partial charge in [-0.3, -0.25) is 4.79 Å². The molecule has 34 heavy (non-hydrogen) atoms. The Morgan fingerprint density at radius 3 is 2.41 bits per heavy atom. The Balaban J connectivity index is 0.00000133. The number of rotatable bonds is 8. The van der Waals surface area contributed by atoms with Crippen LogP contribution in [0.3, 0.4) is 0 Å². The summed E-state index contributed by atoms with van der Waals surface area (Å²) in [5.41, 5.74) is -2.35. The van der Waals surface area contributed by atoms with Crippen molar-refractivity contribution >= 4 is 23.5 Å². The van der Waals surface area contributed by atoms with E-state index >= 15 is 0 Å². The zero-order valence-corrected chi connectivity index (χ0v) is 19.4. The average Bonchev–Trinajstić information content (AvgIpc) is 2.80. The van der Waals surface area contributed by atoms with Crippen LogP contribution in [0.2, 0.25) is 0 Å². The Labute approximate surface area is 196 Å². The highest BCUT2D eigenvalue weighted by atomic mass is 19.2. The molecule has 0 aliphatic carbocycles. The van der Waals surface area contributed by atoms with E-state index < -0.39 is 34.6 Å². The van der Waals surface area contributed by atoms with Crippen molar-refractivity contribution in [2.45, 2.75) is 32.8 Å². The van der Waals surface area contributed by atoms with Crippen molar-refractivity contribution in [2.24, 2.45) is 5.16 Å². The van der Waals surface area contributed by atoms with Crippen LogP contribution in [0, 0.1) is 29.8 Å². The molecule has 0 spiro atoms. The van der Waals surface area contributed by atoms with E-state index in [1.54, 1.807) is 0 Å². The molecule has 4 N–H and O–H groups in total. The lowest BCUT2D eigenvalue weighted by atomic mass is 10.1. The fourth-order valence-corrected chi connectivity index (χ4v) is 2.31. The summed E-state index contributed by atoms with van der Waals surface area (Å²) < 4.78 is 43.5. The number of carbonyl (C=O) groups is 1. The third-order valence-corrected chi connectivity index (χ3v) is 4.01. The van der Waals surface area contributed by atoms with Gasteiger partial charge in [0.15, 0.2) is 11.6 Å². The first kappa shape index (κ1) is 28.5. The molecule has 0 aliphatic rings. The van der Waals surface area contributed by atoms with E-state index in [0.29, 0.717) is 6.61 Å². The molecule has 7 nitrogen and oxygen atoms in total. The lowest BCUT2D eigenvalue weighted by molar-refractivity contribution is -0.0185. The summed E-state index contributed by atoms with van der Waals surface area (Å²) in [7, 11) is 1.30. The molecular formula is C24H28F3N3O4. The Hall–Kier alpha value is -3.55. The average molecular weight is 479 g/mol. The summed E-state index contributed by atoms with van der Waals surface area (Å²) >= 11 is 0. The molecule has 0 bridgehead atoms.